The van der Waals surface area contributed by atoms with E-state index in [0.29, 0.717) is 19.7 Å². The van der Waals surface area contributed by atoms with E-state index in [4.69, 9.17) is 4.74 Å². The van der Waals surface area contributed by atoms with Gasteiger partial charge in [0.25, 0.3) is 5.91 Å². The van der Waals surface area contributed by atoms with Crippen LogP contribution in [0.5, 0.6) is 0 Å². The Balaban J connectivity index is 1.22. The van der Waals surface area contributed by atoms with Gasteiger partial charge in [0.2, 0.25) is 0 Å². The maximum atomic E-state index is 12.9. The third-order valence-electron chi connectivity index (χ3n) is 7.36. The van der Waals surface area contributed by atoms with Crippen LogP contribution in [0.2, 0.25) is 0 Å². The molecule has 0 aliphatic carbocycles. The van der Waals surface area contributed by atoms with Crippen molar-refractivity contribution in [3.63, 3.8) is 0 Å². The molecule has 210 valence electrons. The molecule has 1 amide bonds. The minimum atomic E-state index is -0.308. The van der Waals surface area contributed by atoms with Gasteiger partial charge in [0.15, 0.2) is 0 Å². The zero-order valence-corrected chi connectivity index (χ0v) is 23.8. The molecular formula is C32H40N6O2. The molecule has 1 saturated heterocycles. The van der Waals surface area contributed by atoms with Gasteiger partial charge in [0, 0.05) is 13.2 Å². The van der Waals surface area contributed by atoms with E-state index in [1.165, 1.54) is 0 Å². The van der Waals surface area contributed by atoms with Gasteiger partial charge < -0.3 is 19.6 Å². The highest BCUT2D eigenvalue weighted by molar-refractivity contribution is 5.81. The smallest absolute Gasteiger partial charge is 0.252 e. The van der Waals surface area contributed by atoms with Crippen molar-refractivity contribution in [2.24, 2.45) is 0 Å². The summed E-state index contributed by atoms with van der Waals surface area (Å²) in [5.41, 5.74) is 6.47. The maximum absolute atomic E-state index is 12.9. The number of benzene rings is 2. The van der Waals surface area contributed by atoms with Gasteiger partial charge in [-0.25, -0.2) is 9.97 Å². The topological polar surface area (TPSA) is 90.1 Å². The summed E-state index contributed by atoms with van der Waals surface area (Å²) in [7, 11) is 2.12. The van der Waals surface area contributed by atoms with Crippen molar-refractivity contribution in [1.29, 1.82) is 0 Å². The molecule has 1 fully saturated rings. The Hall–Kier alpha value is -3.75. The summed E-state index contributed by atoms with van der Waals surface area (Å²) in [6.07, 6.45) is 7.23. The van der Waals surface area contributed by atoms with Gasteiger partial charge in [0.1, 0.15) is 17.8 Å². The van der Waals surface area contributed by atoms with Crippen LogP contribution in [0.3, 0.4) is 0 Å². The van der Waals surface area contributed by atoms with Crippen LogP contribution in [0.25, 0.3) is 33.6 Å². The highest BCUT2D eigenvalue weighted by Gasteiger charge is 2.28. The van der Waals surface area contributed by atoms with Crippen molar-refractivity contribution in [1.82, 2.24) is 29.7 Å². The van der Waals surface area contributed by atoms with Crippen molar-refractivity contribution in [2.45, 2.75) is 58.7 Å². The van der Waals surface area contributed by atoms with Crippen molar-refractivity contribution in [3.05, 3.63) is 72.6 Å². The first kappa shape index (κ1) is 27.8. The fourth-order valence-corrected chi connectivity index (χ4v) is 5.27. The number of rotatable bonds is 12. The van der Waals surface area contributed by atoms with Crippen LogP contribution in [0.4, 0.5) is 0 Å². The number of nitrogens with one attached hydrogen (secondary N) is 2. The monoisotopic (exact) mass is 540 g/mol. The van der Waals surface area contributed by atoms with Crippen molar-refractivity contribution in [2.75, 3.05) is 26.7 Å². The predicted molar refractivity (Wildman–Crippen MR) is 158 cm³/mol. The van der Waals surface area contributed by atoms with Crippen LogP contribution in [0.15, 0.2) is 60.9 Å². The Bertz CT molecular complexity index is 1370. The molecule has 40 heavy (non-hydrogen) atoms. The van der Waals surface area contributed by atoms with E-state index in [9.17, 15) is 4.79 Å². The normalized spacial score (nSPS) is 15.2. The van der Waals surface area contributed by atoms with Crippen LogP contribution >= 0.6 is 0 Å². The number of carbonyl (C=O) groups is 1. The molecule has 8 nitrogen and oxygen atoms in total. The molecule has 3 heterocycles. The van der Waals surface area contributed by atoms with Crippen LogP contribution in [-0.2, 0) is 22.6 Å². The number of carbonyl (C=O) groups excluding carboxylic acids is 1. The van der Waals surface area contributed by atoms with Crippen LogP contribution in [-0.4, -0.2) is 68.5 Å². The fraction of sp³-hybridized carbons (Fsp3) is 0.406. The van der Waals surface area contributed by atoms with Gasteiger partial charge in [-0.05, 0) is 61.5 Å². The van der Waals surface area contributed by atoms with Gasteiger partial charge in [-0.1, -0.05) is 62.4 Å². The lowest BCUT2D eigenvalue weighted by atomic mass is 10.0. The first-order chi connectivity index (χ1) is 19.5. The third kappa shape index (κ3) is 6.69. The fourth-order valence-electron chi connectivity index (χ4n) is 5.27. The Morgan fingerprint density at radius 3 is 1.85 bits per heavy atom. The lowest BCUT2D eigenvalue weighted by Gasteiger charge is -2.23. The number of hydrogen-bond acceptors (Lipinski definition) is 5. The summed E-state index contributed by atoms with van der Waals surface area (Å²) >= 11 is 0. The van der Waals surface area contributed by atoms with E-state index in [1.807, 2.05) is 17.3 Å². The number of amides is 1. The van der Waals surface area contributed by atoms with E-state index in [2.05, 4.69) is 94.3 Å². The quantitative estimate of drug-likeness (QED) is 0.234. The molecule has 2 aromatic carbocycles. The molecule has 2 aromatic heterocycles. The second-order valence-corrected chi connectivity index (χ2v) is 10.6. The van der Waals surface area contributed by atoms with E-state index in [0.717, 1.165) is 84.1 Å². The molecule has 0 radical (unpaired) electrons. The lowest BCUT2D eigenvalue weighted by Crippen LogP contribution is -2.39. The number of ether oxygens (including phenoxy) is 1. The Morgan fingerprint density at radius 1 is 0.825 bits per heavy atom. The molecule has 0 spiro atoms. The number of H-pyrrole nitrogens is 2. The molecule has 2 N–H and O–H groups in total. The largest absolute Gasteiger partial charge is 0.368 e. The minimum Gasteiger partial charge on any atom is -0.368 e. The lowest BCUT2D eigenvalue weighted by molar-refractivity contribution is -0.141. The molecule has 8 heteroatoms. The van der Waals surface area contributed by atoms with Crippen LogP contribution in [0, 0.1) is 0 Å². The van der Waals surface area contributed by atoms with Crippen LogP contribution in [0.1, 0.15) is 51.2 Å². The predicted octanol–water partition coefficient (Wildman–Crippen LogP) is 5.89. The molecule has 4 aromatic rings. The average molecular weight is 541 g/mol. The zero-order valence-electron chi connectivity index (χ0n) is 23.8. The standard InChI is InChI=1S/C32H40N6O2/c1-4-16-37(3)21-30-33-19-27(35-30)25-12-8-23(9-13-25)24-10-14-26(15-11-24)28-20-34-31(36-28)22-38(17-5-2)32(39)29-7-6-18-40-29/h8-15,19-20,29H,4-7,16-18,21-22H2,1-3H3,(H,33,35)(H,34,36)/t29-/m1/s1. The van der Waals surface area contributed by atoms with Crippen molar-refractivity contribution >= 4 is 5.91 Å². The highest BCUT2D eigenvalue weighted by atomic mass is 16.5. The first-order valence-electron chi connectivity index (χ1n) is 14.4. The first-order valence-corrected chi connectivity index (χ1v) is 14.4. The number of hydrogen-bond donors (Lipinski definition) is 2. The average Bonchev–Trinajstić information content (AvgIpc) is 3.76. The van der Waals surface area contributed by atoms with E-state index >= 15 is 0 Å². The molecule has 5 rings (SSSR count). The molecular weight excluding hydrogens is 500 g/mol. The Labute approximate surface area is 236 Å². The highest BCUT2D eigenvalue weighted by Crippen LogP contribution is 2.27. The van der Waals surface area contributed by atoms with Gasteiger partial charge in [-0.3, -0.25) is 9.69 Å². The number of aromatic nitrogens is 4. The summed E-state index contributed by atoms with van der Waals surface area (Å²) in [6, 6.07) is 17.0. The van der Waals surface area contributed by atoms with E-state index in [1.54, 1.807) is 0 Å². The molecule has 1 aliphatic rings. The van der Waals surface area contributed by atoms with Gasteiger partial charge in [0.05, 0.1) is 36.9 Å². The molecule has 0 bridgehead atoms. The molecule has 1 aliphatic heterocycles. The van der Waals surface area contributed by atoms with E-state index in [-0.39, 0.29) is 12.0 Å². The van der Waals surface area contributed by atoms with Crippen molar-refractivity contribution in [3.8, 4) is 33.6 Å². The Kier molecular flexibility index (Phi) is 9.08. The SMILES string of the molecule is CCCN(C)Cc1ncc(-c2ccc(-c3ccc(-c4cnc(CN(CCC)C(=O)[C@H]5CCCO5)[nH]4)cc3)cc2)[nH]1. The maximum Gasteiger partial charge on any atom is 0.252 e. The second-order valence-electron chi connectivity index (χ2n) is 10.6. The zero-order chi connectivity index (χ0) is 27.9. The summed E-state index contributed by atoms with van der Waals surface area (Å²) in [6.45, 7) is 7.97. The number of nitrogens with zero attached hydrogens (tertiary/aromatic N) is 4. The number of imidazole rings is 2. The van der Waals surface area contributed by atoms with Gasteiger partial charge in [-0.2, -0.15) is 0 Å². The summed E-state index contributed by atoms with van der Waals surface area (Å²) in [4.78, 5) is 33.0. The summed E-state index contributed by atoms with van der Waals surface area (Å²) < 4.78 is 5.62. The minimum absolute atomic E-state index is 0.0696. The van der Waals surface area contributed by atoms with Crippen LogP contribution < -0.4 is 0 Å². The van der Waals surface area contributed by atoms with Crippen molar-refractivity contribution < 1.29 is 9.53 Å². The summed E-state index contributed by atoms with van der Waals surface area (Å²) in [5.74, 6) is 1.84. The van der Waals surface area contributed by atoms with Gasteiger partial charge >= 0.3 is 0 Å². The number of aromatic amines is 2. The Morgan fingerprint density at radius 2 is 1.35 bits per heavy atom. The molecule has 0 unspecified atom stereocenters. The van der Waals surface area contributed by atoms with Gasteiger partial charge in [-0.15, -0.1) is 0 Å². The van der Waals surface area contributed by atoms with E-state index < -0.39 is 0 Å². The summed E-state index contributed by atoms with van der Waals surface area (Å²) in [5, 5.41) is 0. The molecule has 1 atom stereocenters. The molecule has 0 saturated carbocycles. The second kappa shape index (κ2) is 13.1. The third-order valence-corrected chi connectivity index (χ3v) is 7.36.